The number of para-hydroxylation sites is 2. The van der Waals surface area contributed by atoms with Crippen LogP contribution in [0.15, 0.2) is 170 Å². The average molecular weight is 689 g/mol. The van der Waals surface area contributed by atoms with Crippen molar-refractivity contribution >= 4 is 51.3 Å². The van der Waals surface area contributed by atoms with Gasteiger partial charge in [0.05, 0.1) is 22.3 Å². The first-order valence-electron chi connectivity index (χ1n) is 17.2. The van der Waals surface area contributed by atoms with E-state index in [4.69, 9.17) is 0 Å². The molecule has 6 heteroatoms. The van der Waals surface area contributed by atoms with Crippen LogP contribution in [0.2, 0.25) is 0 Å². The molecule has 7 aromatic carbocycles. The zero-order valence-corrected chi connectivity index (χ0v) is 28.8. The highest BCUT2D eigenvalue weighted by Crippen LogP contribution is 2.39. The normalized spacial score (nSPS) is 11.0. The molecule has 0 fully saturated rings. The molecule has 1 amide bonds. The van der Waals surface area contributed by atoms with Crippen LogP contribution in [0.25, 0.3) is 38.6 Å². The number of carbonyl (C=O) groups is 4. The van der Waals surface area contributed by atoms with Gasteiger partial charge in [0, 0.05) is 51.3 Å². The molecular weight excluding hydrogens is 657 g/mol. The summed E-state index contributed by atoms with van der Waals surface area (Å²) in [6.45, 7) is 0. The Balaban J connectivity index is 1.39. The summed E-state index contributed by atoms with van der Waals surface area (Å²) >= 11 is 0. The molecule has 0 saturated heterocycles. The molecule has 8 rings (SSSR count). The van der Waals surface area contributed by atoms with E-state index >= 15 is 0 Å². The van der Waals surface area contributed by atoms with Crippen LogP contribution < -0.4 is 4.90 Å². The molecule has 1 aromatic heterocycles. The van der Waals surface area contributed by atoms with E-state index in [0.717, 1.165) is 21.9 Å². The molecule has 254 valence electrons. The van der Waals surface area contributed by atoms with E-state index in [2.05, 4.69) is 0 Å². The summed E-state index contributed by atoms with van der Waals surface area (Å²) in [5.74, 6) is -0.860. The van der Waals surface area contributed by atoms with E-state index in [0.29, 0.717) is 50.9 Å². The van der Waals surface area contributed by atoms with Crippen LogP contribution in [0.4, 0.5) is 5.69 Å². The number of amides is 1. The third kappa shape index (κ3) is 5.82. The fourth-order valence-electron chi connectivity index (χ4n) is 7.08. The zero-order valence-electron chi connectivity index (χ0n) is 28.8. The summed E-state index contributed by atoms with van der Waals surface area (Å²) in [6, 6.07) is 51.7. The van der Waals surface area contributed by atoms with Gasteiger partial charge in [-0.05, 0) is 41.5 Å². The number of aromatic nitrogens is 1. The number of carbonyl (C=O) groups excluding carboxylic acids is 4. The minimum Gasteiger partial charge on any atom is -0.311 e. The summed E-state index contributed by atoms with van der Waals surface area (Å²) in [7, 11) is 1.67. The molecule has 0 N–H and O–H groups in total. The number of benzene rings is 7. The quantitative estimate of drug-likeness (QED) is 0.112. The Labute approximate surface area is 306 Å². The van der Waals surface area contributed by atoms with E-state index in [-0.39, 0.29) is 22.7 Å². The molecule has 1 heterocycles. The van der Waals surface area contributed by atoms with Crippen LogP contribution in [0.5, 0.6) is 0 Å². The standard InChI is InChI=1S/C47H32N2O4/c1-48(36-28-26-32(27-29-36)31-14-5-2-6-15-31)47(53)42-35(30-50)20-11-25-41(42)49-43-37(21-12-23-39(43)45(51)33-16-7-3-8-17-33)38-22-13-24-40(44(38)49)46(52)34-18-9-4-10-19-34/h2-30H,1H3. The number of hydrogen-bond donors (Lipinski definition) is 0. The fourth-order valence-corrected chi connectivity index (χ4v) is 7.08. The Morgan fingerprint density at radius 1 is 0.509 bits per heavy atom. The van der Waals surface area contributed by atoms with Crippen LogP contribution in [0.1, 0.15) is 52.6 Å². The number of nitrogens with zero attached hydrogens (tertiary/aromatic N) is 2. The van der Waals surface area contributed by atoms with E-state index < -0.39 is 5.91 Å². The molecule has 0 spiro atoms. The highest BCUT2D eigenvalue weighted by atomic mass is 16.2. The lowest BCUT2D eigenvalue weighted by Gasteiger charge is -2.22. The number of hydrogen-bond acceptors (Lipinski definition) is 4. The zero-order chi connectivity index (χ0) is 36.5. The summed E-state index contributed by atoms with van der Waals surface area (Å²) in [5, 5.41) is 1.45. The van der Waals surface area contributed by atoms with Crippen molar-refractivity contribution in [2.45, 2.75) is 0 Å². The number of aldehydes is 1. The Morgan fingerprint density at radius 3 is 1.49 bits per heavy atom. The highest BCUT2D eigenvalue weighted by Gasteiger charge is 2.28. The van der Waals surface area contributed by atoms with Gasteiger partial charge in [-0.15, -0.1) is 0 Å². The SMILES string of the molecule is CN(C(=O)c1c(C=O)cccc1-n1c2c(C(=O)c3ccccc3)cccc2c2cccc(C(=O)c3ccccc3)c21)c1ccc(-c2ccccc2)cc1. The van der Waals surface area contributed by atoms with Gasteiger partial charge in [-0.1, -0.05) is 140 Å². The number of rotatable bonds is 9. The third-order valence-electron chi connectivity index (χ3n) is 9.69. The second kappa shape index (κ2) is 13.9. The van der Waals surface area contributed by atoms with Gasteiger partial charge in [0.2, 0.25) is 0 Å². The van der Waals surface area contributed by atoms with Gasteiger partial charge in [-0.2, -0.15) is 0 Å². The predicted molar refractivity (Wildman–Crippen MR) is 211 cm³/mol. The molecule has 8 aromatic rings. The van der Waals surface area contributed by atoms with Crippen molar-refractivity contribution < 1.29 is 19.2 Å². The van der Waals surface area contributed by atoms with Crippen molar-refractivity contribution in [1.29, 1.82) is 0 Å². The van der Waals surface area contributed by atoms with Crippen LogP contribution in [0, 0.1) is 0 Å². The van der Waals surface area contributed by atoms with Crippen LogP contribution in [0.3, 0.4) is 0 Å². The molecule has 0 bridgehead atoms. The summed E-state index contributed by atoms with van der Waals surface area (Å²) in [6.07, 6.45) is 0.670. The smallest absolute Gasteiger partial charge is 0.260 e. The van der Waals surface area contributed by atoms with Crippen molar-refractivity contribution in [2.24, 2.45) is 0 Å². The van der Waals surface area contributed by atoms with Gasteiger partial charge >= 0.3 is 0 Å². The Morgan fingerprint density at radius 2 is 0.981 bits per heavy atom. The van der Waals surface area contributed by atoms with E-state index in [1.807, 2.05) is 120 Å². The monoisotopic (exact) mass is 688 g/mol. The third-order valence-corrected chi connectivity index (χ3v) is 9.69. The lowest BCUT2D eigenvalue weighted by atomic mass is 9.99. The minimum atomic E-state index is -0.427. The largest absolute Gasteiger partial charge is 0.311 e. The van der Waals surface area contributed by atoms with Crippen molar-refractivity contribution in [1.82, 2.24) is 4.57 Å². The number of anilines is 1. The Kier molecular flexibility index (Phi) is 8.62. The Bertz CT molecular complexity index is 2570. The van der Waals surface area contributed by atoms with Gasteiger partial charge in [-0.3, -0.25) is 19.2 Å². The maximum Gasteiger partial charge on any atom is 0.260 e. The van der Waals surface area contributed by atoms with E-state index in [1.54, 1.807) is 61.6 Å². The maximum absolute atomic E-state index is 14.8. The van der Waals surface area contributed by atoms with Crippen molar-refractivity contribution in [3.8, 4) is 16.8 Å². The van der Waals surface area contributed by atoms with Crippen LogP contribution in [-0.4, -0.2) is 35.4 Å². The van der Waals surface area contributed by atoms with E-state index in [9.17, 15) is 19.2 Å². The number of ketones is 2. The van der Waals surface area contributed by atoms with Crippen LogP contribution in [-0.2, 0) is 0 Å². The van der Waals surface area contributed by atoms with Gasteiger partial charge < -0.3 is 9.47 Å². The highest BCUT2D eigenvalue weighted by molar-refractivity contribution is 6.26. The van der Waals surface area contributed by atoms with Crippen molar-refractivity contribution in [2.75, 3.05) is 11.9 Å². The topological polar surface area (TPSA) is 76.5 Å². The summed E-state index contributed by atoms with van der Waals surface area (Å²) in [4.78, 5) is 57.7. The first-order chi connectivity index (χ1) is 26.0. The molecule has 0 atom stereocenters. The molecule has 0 radical (unpaired) electrons. The molecule has 53 heavy (non-hydrogen) atoms. The Hall–Kier alpha value is -7.18. The molecule has 0 aliphatic carbocycles. The first-order valence-corrected chi connectivity index (χ1v) is 17.2. The molecule has 0 aliphatic rings. The van der Waals surface area contributed by atoms with Gasteiger partial charge in [0.25, 0.3) is 5.91 Å². The lowest BCUT2D eigenvalue weighted by Crippen LogP contribution is -2.28. The number of fused-ring (bicyclic) bond motifs is 3. The fraction of sp³-hybridized carbons (Fsp3) is 0.0213. The predicted octanol–water partition coefficient (Wildman–Crippen LogP) is 10.0. The van der Waals surface area contributed by atoms with Gasteiger partial charge in [-0.25, -0.2) is 0 Å². The maximum atomic E-state index is 14.8. The van der Waals surface area contributed by atoms with Crippen LogP contribution >= 0.6 is 0 Å². The summed E-state index contributed by atoms with van der Waals surface area (Å²) < 4.78 is 1.82. The lowest BCUT2D eigenvalue weighted by molar-refractivity contribution is 0.0985. The molecule has 6 nitrogen and oxygen atoms in total. The van der Waals surface area contributed by atoms with Crippen molar-refractivity contribution in [3.05, 3.63) is 203 Å². The molecular formula is C47H32N2O4. The first kappa shape index (κ1) is 33.0. The molecule has 0 aliphatic heterocycles. The average Bonchev–Trinajstić information content (AvgIpc) is 3.58. The summed E-state index contributed by atoms with van der Waals surface area (Å²) in [5.41, 5.74) is 6.18. The molecule has 0 saturated carbocycles. The minimum absolute atomic E-state index is 0.139. The molecule has 0 unspecified atom stereocenters. The van der Waals surface area contributed by atoms with Gasteiger partial charge in [0.1, 0.15) is 0 Å². The van der Waals surface area contributed by atoms with Gasteiger partial charge in [0.15, 0.2) is 17.9 Å². The second-order valence-corrected chi connectivity index (χ2v) is 12.8. The van der Waals surface area contributed by atoms with Crippen molar-refractivity contribution in [3.63, 3.8) is 0 Å². The van der Waals surface area contributed by atoms with E-state index in [1.165, 1.54) is 4.90 Å². The second-order valence-electron chi connectivity index (χ2n) is 12.8.